The third kappa shape index (κ3) is 2.46. The van der Waals surface area contributed by atoms with Crippen LogP contribution in [0.3, 0.4) is 0 Å². The van der Waals surface area contributed by atoms with Gasteiger partial charge in [-0.05, 0) is 37.2 Å². The molecule has 0 spiro atoms. The lowest BCUT2D eigenvalue weighted by molar-refractivity contribution is -0.0860. The molecule has 0 aromatic heterocycles. The smallest absolute Gasteiger partial charge is 0.0693 e. The standard InChI is InChI=1S/C15H22O/c1-11(2)14-9-15(16,10-14)8-13-6-4-5-12(3)7-13/h4-7,11,14,16H,8-10H2,1-3H3. The Balaban J connectivity index is 1.96. The summed E-state index contributed by atoms with van der Waals surface area (Å²) in [6.45, 7) is 6.60. The summed E-state index contributed by atoms with van der Waals surface area (Å²) in [6, 6.07) is 8.48. The van der Waals surface area contributed by atoms with Gasteiger partial charge in [0.05, 0.1) is 5.60 Å². The molecular weight excluding hydrogens is 196 g/mol. The van der Waals surface area contributed by atoms with E-state index in [9.17, 15) is 5.11 Å². The topological polar surface area (TPSA) is 20.2 Å². The molecule has 1 fully saturated rings. The van der Waals surface area contributed by atoms with Gasteiger partial charge in [-0.25, -0.2) is 0 Å². The van der Waals surface area contributed by atoms with Gasteiger partial charge in [0.1, 0.15) is 0 Å². The molecular formula is C15H22O. The minimum Gasteiger partial charge on any atom is -0.390 e. The second-order valence-electron chi connectivity index (χ2n) is 5.80. The molecule has 0 aliphatic heterocycles. The van der Waals surface area contributed by atoms with Crippen molar-refractivity contribution in [1.82, 2.24) is 0 Å². The normalized spacial score (nSPS) is 29.2. The van der Waals surface area contributed by atoms with Crippen molar-refractivity contribution in [3.8, 4) is 0 Å². The van der Waals surface area contributed by atoms with Crippen LogP contribution in [-0.2, 0) is 6.42 Å². The van der Waals surface area contributed by atoms with Gasteiger partial charge in [0.15, 0.2) is 0 Å². The third-order valence-corrected chi connectivity index (χ3v) is 3.84. The fourth-order valence-electron chi connectivity index (χ4n) is 2.73. The Morgan fingerprint density at radius 2 is 2.06 bits per heavy atom. The Bertz CT molecular complexity index is 361. The quantitative estimate of drug-likeness (QED) is 0.825. The van der Waals surface area contributed by atoms with E-state index >= 15 is 0 Å². The van der Waals surface area contributed by atoms with Crippen molar-refractivity contribution in [3.63, 3.8) is 0 Å². The number of benzene rings is 1. The Labute approximate surface area is 98.5 Å². The Morgan fingerprint density at radius 3 is 2.62 bits per heavy atom. The molecule has 0 amide bonds. The number of hydrogen-bond donors (Lipinski definition) is 1. The lowest BCUT2D eigenvalue weighted by Gasteiger charge is -2.46. The van der Waals surface area contributed by atoms with Crippen molar-refractivity contribution in [2.75, 3.05) is 0 Å². The van der Waals surface area contributed by atoms with E-state index in [-0.39, 0.29) is 0 Å². The zero-order valence-corrected chi connectivity index (χ0v) is 10.5. The van der Waals surface area contributed by atoms with Gasteiger partial charge in [-0.3, -0.25) is 0 Å². The highest BCUT2D eigenvalue weighted by Gasteiger charge is 2.43. The zero-order valence-electron chi connectivity index (χ0n) is 10.5. The van der Waals surface area contributed by atoms with Gasteiger partial charge in [-0.2, -0.15) is 0 Å². The zero-order chi connectivity index (χ0) is 11.8. The van der Waals surface area contributed by atoms with Crippen LogP contribution in [0.5, 0.6) is 0 Å². The molecule has 0 atom stereocenters. The van der Waals surface area contributed by atoms with Crippen LogP contribution in [0.2, 0.25) is 0 Å². The fraction of sp³-hybridized carbons (Fsp3) is 0.600. The van der Waals surface area contributed by atoms with Crippen molar-refractivity contribution < 1.29 is 5.11 Å². The van der Waals surface area contributed by atoms with Crippen LogP contribution in [0, 0.1) is 18.8 Å². The lowest BCUT2D eigenvalue weighted by atomic mass is 9.64. The summed E-state index contributed by atoms with van der Waals surface area (Å²) in [4.78, 5) is 0. The van der Waals surface area contributed by atoms with Gasteiger partial charge in [0, 0.05) is 6.42 Å². The summed E-state index contributed by atoms with van der Waals surface area (Å²) in [5.41, 5.74) is 2.12. The summed E-state index contributed by atoms with van der Waals surface area (Å²) >= 11 is 0. The first-order valence-corrected chi connectivity index (χ1v) is 6.26. The average molecular weight is 218 g/mol. The second-order valence-corrected chi connectivity index (χ2v) is 5.80. The summed E-state index contributed by atoms with van der Waals surface area (Å²) < 4.78 is 0. The van der Waals surface area contributed by atoms with E-state index in [1.807, 2.05) is 0 Å². The SMILES string of the molecule is Cc1cccc(CC2(O)CC(C(C)C)C2)c1. The molecule has 0 radical (unpaired) electrons. The maximum atomic E-state index is 10.4. The van der Waals surface area contributed by atoms with Crippen LogP contribution in [0.15, 0.2) is 24.3 Å². The maximum Gasteiger partial charge on any atom is 0.0693 e. The first kappa shape index (κ1) is 11.7. The van der Waals surface area contributed by atoms with Crippen LogP contribution in [0.4, 0.5) is 0 Å². The predicted octanol–water partition coefficient (Wildman–Crippen LogP) is 3.33. The van der Waals surface area contributed by atoms with Crippen molar-refractivity contribution in [1.29, 1.82) is 0 Å². The van der Waals surface area contributed by atoms with Crippen molar-refractivity contribution in [3.05, 3.63) is 35.4 Å². The maximum absolute atomic E-state index is 10.4. The summed E-state index contributed by atoms with van der Waals surface area (Å²) in [6.07, 6.45) is 2.76. The molecule has 1 N–H and O–H groups in total. The monoisotopic (exact) mass is 218 g/mol. The summed E-state index contributed by atoms with van der Waals surface area (Å²) in [5.74, 6) is 1.42. The molecule has 1 nitrogen and oxygen atoms in total. The molecule has 2 rings (SSSR count). The molecule has 0 saturated heterocycles. The fourth-order valence-corrected chi connectivity index (χ4v) is 2.73. The minimum atomic E-state index is -0.428. The summed E-state index contributed by atoms with van der Waals surface area (Å²) in [5, 5.41) is 10.4. The predicted molar refractivity (Wildman–Crippen MR) is 67.4 cm³/mol. The minimum absolute atomic E-state index is 0.428. The Kier molecular flexibility index (Phi) is 3.07. The van der Waals surface area contributed by atoms with Crippen LogP contribution in [0.1, 0.15) is 37.8 Å². The molecule has 0 bridgehead atoms. The van der Waals surface area contributed by atoms with Crippen molar-refractivity contribution in [2.24, 2.45) is 11.8 Å². The van der Waals surface area contributed by atoms with Gasteiger partial charge in [0.2, 0.25) is 0 Å². The average Bonchev–Trinajstić information content (AvgIpc) is 2.13. The Morgan fingerprint density at radius 1 is 1.38 bits per heavy atom. The first-order valence-electron chi connectivity index (χ1n) is 6.26. The molecule has 1 aromatic carbocycles. The van der Waals surface area contributed by atoms with E-state index in [2.05, 4.69) is 45.0 Å². The third-order valence-electron chi connectivity index (χ3n) is 3.84. The van der Waals surface area contributed by atoms with Crippen LogP contribution < -0.4 is 0 Å². The van der Waals surface area contributed by atoms with Gasteiger partial charge in [-0.15, -0.1) is 0 Å². The number of hydrogen-bond acceptors (Lipinski definition) is 1. The van der Waals surface area contributed by atoms with Gasteiger partial charge >= 0.3 is 0 Å². The van der Waals surface area contributed by atoms with Gasteiger partial charge < -0.3 is 5.11 Å². The molecule has 1 heteroatoms. The van der Waals surface area contributed by atoms with E-state index in [0.717, 1.165) is 25.2 Å². The summed E-state index contributed by atoms with van der Waals surface area (Å²) in [7, 11) is 0. The van der Waals surface area contributed by atoms with Crippen LogP contribution in [-0.4, -0.2) is 10.7 Å². The largest absolute Gasteiger partial charge is 0.390 e. The highest BCUT2D eigenvalue weighted by atomic mass is 16.3. The second kappa shape index (κ2) is 4.21. The van der Waals surface area contributed by atoms with E-state index < -0.39 is 5.60 Å². The van der Waals surface area contributed by atoms with E-state index in [0.29, 0.717) is 5.92 Å². The Hall–Kier alpha value is -0.820. The molecule has 0 heterocycles. The molecule has 0 unspecified atom stereocenters. The van der Waals surface area contributed by atoms with Crippen LogP contribution >= 0.6 is 0 Å². The number of aryl methyl sites for hydroxylation is 1. The van der Waals surface area contributed by atoms with E-state index in [1.54, 1.807) is 0 Å². The molecule has 1 aromatic rings. The highest BCUT2D eigenvalue weighted by molar-refractivity contribution is 5.24. The lowest BCUT2D eigenvalue weighted by Crippen LogP contribution is -2.47. The van der Waals surface area contributed by atoms with Crippen molar-refractivity contribution >= 4 is 0 Å². The van der Waals surface area contributed by atoms with Gasteiger partial charge in [0.25, 0.3) is 0 Å². The van der Waals surface area contributed by atoms with Gasteiger partial charge in [-0.1, -0.05) is 43.7 Å². The first-order chi connectivity index (χ1) is 7.48. The molecule has 1 aliphatic carbocycles. The number of rotatable bonds is 3. The molecule has 1 saturated carbocycles. The molecule has 16 heavy (non-hydrogen) atoms. The number of aliphatic hydroxyl groups is 1. The highest BCUT2D eigenvalue weighted by Crippen LogP contribution is 2.43. The van der Waals surface area contributed by atoms with E-state index in [1.165, 1.54) is 11.1 Å². The molecule has 88 valence electrons. The van der Waals surface area contributed by atoms with Crippen molar-refractivity contribution in [2.45, 2.75) is 45.6 Å². The molecule has 1 aliphatic rings. The van der Waals surface area contributed by atoms with E-state index in [4.69, 9.17) is 0 Å². The van der Waals surface area contributed by atoms with Crippen LogP contribution in [0.25, 0.3) is 0 Å².